The Morgan fingerprint density at radius 1 is 1.11 bits per heavy atom. The number of thiazole rings is 1. The van der Waals surface area contributed by atoms with Gasteiger partial charge in [-0.2, -0.15) is 0 Å². The molecular formula is C29H37N3O4S. The number of aliphatic hydroxyl groups excluding tert-OH is 1. The Hall–Kier alpha value is -3.23. The second-order valence-corrected chi connectivity index (χ2v) is 11.4. The molecule has 0 radical (unpaired) electrons. The number of amides is 2. The van der Waals surface area contributed by atoms with E-state index in [4.69, 9.17) is 4.74 Å². The predicted molar refractivity (Wildman–Crippen MR) is 149 cm³/mol. The number of nitrogens with one attached hydrogen (secondary N) is 2. The maximum atomic E-state index is 13.0. The number of ether oxygens (including phenoxy) is 1. The minimum Gasteiger partial charge on any atom is -0.489 e. The normalized spacial score (nSPS) is 13.1. The molecule has 3 rings (SSSR count). The number of aromatic nitrogens is 1. The Kier molecular flexibility index (Phi) is 9.45. The smallest absolute Gasteiger partial charge is 0.250 e. The van der Waals surface area contributed by atoms with Crippen LogP contribution in [0, 0.1) is 19.3 Å². The number of nitrogens with zero attached hydrogens (tertiary/aromatic N) is 1. The van der Waals surface area contributed by atoms with Crippen molar-refractivity contribution in [1.82, 2.24) is 10.3 Å². The Morgan fingerprint density at radius 3 is 2.54 bits per heavy atom. The minimum atomic E-state index is -1.21. The van der Waals surface area contributed by atoms with E-state index in [1.54, 1.807) is 27.0 Å². The van der Waals surface area contributed by atoms with Gasteiger partial charge in [-0.3, -0.25) is 9.59 Å². The first-order valence-electron chi connectivity index (χ1n) is 12.5. The minimum absolute atomic E-state index is 0.358. The van der Waals surface area contributed by atoms with E-state index in [9.17, 15) is 14.7 Å². The molecule has 0 aliphatic carbocycles. The molecule has 0 saturated heterocycles. The van der Waals surface area contributed by atoms with Gasteiger partial charge in [-0.05, 0) is 54.0 Å². The van der Waals surface area contributed by atoms with Gasteiger partial charge in [0.1, 0.15) is 24.5 Å². The number of aryl methyl sites for hydroxylation is 2. The first-order valence-corrected chi connectivity index (χ1v) is 13.3. The van der Waals surface area contributed by atoms with Crippen LogP contribution in [-0.2, 0) is 16.2 Å². The molecule has 2 aromatic carbocycles. The summed E-state index contributed by atoms with van der Waals surface area (Å²) in [7, 11) is 0. The monoisotopic (exact) mass is 523 g/mol. The molecule has 2 atom stereocenters. The van der Waals surface area contributed by atoms with Crippen molar-refractivity contribution in [2.24, 2.45) is 5.41 Å². The molecular weight excluding hydrogens is 486 g/mol. The molecule has 8 heteroatoms. The molecule has 2 amide bonds. The predicted octanol–water partition coefficient (Wildman–Crippen LogP) is 5.64. The fourth-order valence-corrected chi connectivity index (χ4v) is 4.64. The van der Waals surface area contributed by atoms with Crippen LogP contribution in [0.25, 0.3) is 10.4 Å². The summed E-state index contributed by atoms with van der Waals surface area (Å²) in [5, 5.41) is 16.2. The Labute approximate surface area is 223 Å². The molecule has 0 spiro atoms. The lowest BCUT2D eigenvalue weighted by Crippen LogP contribution is -2.50. The fourth-order valence-electron chi connectivity index (χ4n) is 3.76. The van der Waals surface area contributed by atoms with E-state index >= 15 is 0 Å². The number of hydrogen-bond acceptors (Lipinski definition) is 6. The maximum Gasteiger partial charge on any atom is 0.250 e. The van der Waals surface area contributed by atoms with Crippen LogP contribution < -0.4 is 15.4 Å². The van der Waals surface area contributed by atoms with E-state index in [0.29, 0.717) is 24.6 Å². The number of carbonyl (C=O) groups excluding carboxylic acids is 2. The average Bonchev–Trinajstić information content (AvgIpc) is 3.31. The van der Waals surface area contributed by atoms with Gasteiger partial charge in [-0.25, -0.2) is 4.98 Å². The summed E-state index contributed by atoms with van der Waals surface area (Å²) >= 11 is 1.36. The van der Waals surface area contributed by atoms with Crippen molar-refractivity contribution in [2.45, 2.75) is 73.1 Å². The van der Waals surface area contributed by atoms with Crippen molar-refractivity contribution in [3.63, 3.8) is 0 Å². The number of benzene rings is 2. The van der Waals surface area contributed by atoms with E-state index in [1.807, 2.05) is 57.2 Å². The highest BCUT2D eigenvalue weighted by atomic mass is 32.1. The van der Waals surface area contributed by atoms with Gasteiger partial charge in [0.15, 0.2) is 5.13 Å². The largest absolute Gasteiger partial charge is 0.489 e. The maximum absolute atomic E-state index is 13.0. The van der Waals surface area contributed by atoms with Crippen LogP contribution in [0.4, 0.5) is 5.13 Å². The van der Waals surface area contributed by atoms with Crippen LogP contribution in [0.3, 0.4) is 0 Å². The van der Waals surface area contributed by atoms with Crippen molar-refractivity contribution in [3.8, 4) is 16.2 Å². The van der Waals surface area contributed by atoms with Crippen molar-refractivity contribution in [3.05, 3.63) is 65.4 Å². The van der Waals surface area contributed by atoms with E-state index in [2.05, 4.69) is 21.7 Å². The molecule has 1 heterocycles. The van der Waals surface area contributed by atoms with Crippen LogP contribution in [0.2, 0.25) is 0 Å². The molecule has 0 fully saturated rings. The Morgan fingerprint density at radius 2 is 1.84 bits per heavy atom. The second kappa shape index (κ2) is 12.3. The van der Waals surface area contributed by atoms with Gasteiger partial charge in [0.25, 0.3) is 0 Å². The lowest BCUT2D eigenvalue weighted by molar-refractivity contribution is -0.137. The zero-order chi connectivity index (χ0) is 27.2. The van der Waals surface area contributed by atoms with Crippen LogP contribution in [0.5, 0.6) is 5.75 Å². The summed E-state index contributed by atoms with van der Waals surface area (Å²) in [5.74, 6) is -0.0601. The molecule has 3 aromatic rings. The van der Waals surface area contributed by atoms with Gasteiger partial charge in [0, 0.05) is 6.20 Å². The van der Waals surface area contributed by atoms with Crippen molar-refractivity contribution in [1.29, 1.82) is 0 Å². The molecule has 1 aromatic heterocycles. The standard InChI is InChI=1S/C29H37N3O4S/c1-7-10-22(31-27(35)25(33)29(4,5)6)26(34)32-28-30-16-24(37-28)21-12-9-8-11-20(21)17-36-23-15-18(2)13-14-19(23)3/h8-9,11-16,22,25,33H,7,10,17H2,1-6H3,(H,31,35)(H,30,32,34)/t22?,25-/m1/s1. The summed E-state index contributed by atoms with van der Waals surface area (Å²) in [5.41, 5.74) is 3.59. The first-order chi connectivity index (χ1) is 17.5. The lowest BCUT2D eigenvalue weighted by Gasteiger charge is -2.26. The Balaban J connectivity index is 1.71. The average molecular weight is 524 g/mol. The third kappa shape index (κ3) is 7.63. The molecule has 0 saturated carbocycles. The van der Waals surface area contributed by atoms with Crippen LogP contribution in [0.15, 0.2) is 48.7 Å². The highest BCUT2D eigenvalue weighted by Crippen LogP contribution is 2.32. The van der Waals surface area contributed by atoms with Gasteiger partial charge < -0.3 is 20.5 Å². The highest BCUT2D eigenvalue weighted by molar-refractivity contribution is 7.19. The molecule has 0 aliphatic rings. The summed E-state index contributed by atoms with van der Waals surface area (Å²) in [6, 6.07) is 13.3. The summed E-state index contributed by atoms with van der Waals surface area (Å²) in [4.78, 5) is 30.8. The third-order valence-corrected chi connectivity index (χ3v) is 6.97. The molecule has 198 valence electrons. The van der Waals surface area contributed by atoms with E-state index in [0.717, 1.165) is 32.9 Å². The van der Waals surface area contributed by atoms with Crippen LogP contribution >= 0.6 is 11.3 Å². The molecule has 0 aliphatic heterocycles. The summed E-state index contributed by atoms with van der Waals surface area (Å²) in [6.45, 7) is 11.7. The first kappa shape index (κ1) is 28.3. The van der Waals surface area contributed by atoms with E-state index in [-0.39, 0.29) is 5.91 Å². The summed E-state index contributed by atoms with van der Waals surface area (Å²) in [6.07, 6.45) is 1.66. The van der Waals surface area contributed by atoms with Gasteiger partial charge >= 0.3 is 0 Å². The topological polar surface area (TPSA) is 101 Å². The molecule has 1 unspecified atom stereocenters. The van der Waals surface area contributed by atoms with Crippen molar-refractivity contribution in [2.75, 3.05) is 5.32 Å². The van der Waals surface area contributed by atoms with Crippen molar-refractivity contribution < 1.29 is 19.4 Å². The molecule has 7 nitrogen and oxygen atoms in total. The zero-order valence-corrected chi connectivity index (χ0v) is 23.2. The SMILES string of the molecule is CCCC(NC(=O)[C@@H](O)C(C)(C)C)C(=O)Nc1ncc(-c2ccccc2COc2cc(C)ccc2C)s1. The van der Waals surface area contributed by atoms with Crippen LogP contribution in [-0.4, -0.2) is 34.1 Å². The summed E-state index contributed by atoms with van der Waals surface area (Å²) < 4.78 is 6.13. The number of rotatable bonds is 10. The fraction of sp³-hybridized carbons (Fsp3) is 0.414. The van der Waals surface area contributed by atoms with Crippen molar-refractivity contribution >= 4 is 28.3 Å². The number of aliphatic hydroxyl groups is 1. The molecule has 0 bridgehead atoms. The molecule has 37 heavy (non-hydrogen) atoms. The number of carbonyl (C=O) groups is 2. The molecule has 3 N–H and O–H groups in total. The lowest BCUT2D eigenvalue weighted by atomic mass is 9.88. The van der Waals surface area contributed by atoms with Gasteiger partial charge in [0.05, 0.1) is 4.88 Å². The zero-order valence-electron chi connectivity index (χ0n) is 22.4. The number of hydrogen-bond donors (Lipinski definition) is 3. The number of anilines is 1. The van der Waals surface area contributed by atoms with E-state index < -0.39 is 23.5 Å². The van der Waals surface area contributed by atoms with Gasteiger partial charge in [0.2, 0.25) is 11.8 Å². The van der Waals surface area contributed by atoms with E-state index in [1.165, 1.54) is 11.3 Å². The quantitative estimate of drug-likeness (QED) is 0.319. The van der Waals surface area contributed by atoms with Gasteiger partial charge in [-0.15, -0.1) is 0 Å². The Bertz CT molecular complexity index is 1230. The second-order valence-electron chi connectivity index (χ2n) is 10.4. The van der Waals surface area contributed by atoms with Crippen LogP contribution in [0.1, 0.15) is 57.2 Å². The van der Waals surface area contributed by atoms with Gasteiger partial charge in [-0.1, -0.05) is 81.9 Å². The third-order valence-electron chi connectivity index (χ3n) is 6.02. The highest BCUT2D eigenvalue weighted by Gasteiger charge is 2.32.